The number of nitrogens with zero attached hydrogens (tertiary/aromatic N) is 2. The summed E-state index contributed by atoms with van der Waals surface area (Å²) in [5.41, 5.74) is 0.578. The number of nitrogens with one attached hydrogen (secondary N) is 1. The lowest BCUT2D eigenvalue weighted by Gasteiger charge is -2.28. The van der Waals surface area contributed by atoms with Crippen LogP contribution in [0.3, 0.4) is 0 Å². The summed E-state index contributed by atoms with van der Waals surface area (Å²) >= 11 is 0. The molecule has 0 saturated heterocycles. The molecule has 0 aromatic heterocycles. The zero-order valence-corrected chi connectivity index (χ0v) is 14.0. The van der Waals surface area contributed by atoms with Crippen LogP contribution < -0.4 is 5.32 Å². The molecule has 0 aliphatic carbocycles. The van der Waals surface area contributed by atoms with E-state index < -0.39 is 5.66 Å². The van der Waals surface area contributed by atoms with Crippen LogP contribution in [0.1, 0.15) is 19.4 Å². The molecule has 0 unspecified atom stereocenters. The van der Waals surface area contributed by atoms with E-state index >= 15 is 0 Å². The normalized spacial score (nSPS) is 15.9. The number of halogens is 1. The van der Waals surface area contributed by atoms with E-state index in [0.717, 1.165) is 0 Å². The van der Waals surface area contributed by atoms with Crippen molar-refractivity contribution in [2.45, 2.75) is 19.5 Å². The van der Waals surface area contributed by atoms with Gasteiger partial charge < -0.3 is 10.2 Å². The zero-order chi connectivity index (χ0) is 18.0. The fraction of sp³-hybridized carbons (Fsp3) is 0.211. The van der Waals surface area contributed by atoms with Gasteiger partial charge in [0.15, 0.2) is 0 Å². The van der Waals surface area contributed by atoms with Crippen molar-refractivity contribution >= 4 is 23.2 Å². The number of benzene rings is 2. The van der Waals surface area contributed by atoms with E-state index in [1.807, 2.05) is 18.2 Å². The van der Waals surface area contributed by atoms with Crippen molar-refractivity contribution in [1.82, 2.24) is 4.90 Å². The Bertz CT molecular complexity index is 830. The molecule has 1 aliphatic rings. The lowest BCUT2D eigenvalue weighted by atomic mass is 10.1. The van der Waals surface area contributed by atoms with E-state index in [1.165, 1.54) is 29.2 Å². The van der Waals surface area contributed by atoms with E-state index in [0.29, 0.717) is 11.3 Å². The second kappa shape index (κ2) is 6.47. The molecule has 2 aromatic carbocycles. The van der Waals surface area contributed by atoms with Crippen molar-refractivity contribution < 1.29 is 14.0 Å². The van der Waals surface area contributed by atoms with E-state index in [-0.39, 0.29) is 29.9 Å². The Morgan fingerprint density at radius 3 is 2.40 bits per heavy atom. The van der Waals surface area contributed by atoms with Gasteiger partial charge in [0, 0.05) is 11.3 Å². The third-order valence-electron chi connectivity index (χ3n) is 3.97. The average molecular weight is 339 g/mol. The molecule has 0 saturated carbocycles. The van der Waals surface area contributed by atoms with Crippen molar-refractivity contribution in [3.8, 4) is 0 Å². The number of rotatable bonds is 4. The molecule has 0 radical (unpaired) electrons. The van der Waals surface area contributed by atoms with Crippen LogP contribution in [0.2, 0.25) is 0 Å². The molecular weight excluding hydrogens is 321 g/mol. The van der Waals surface area contributed by atoms with Gasteiger partial charge in [-0.2, -0.15) is 0 Å². The minimum absolute atomic E-state index is 0.116. The number of aliphatic imine (C=N–C) groups is 1. The van der Waals surface area contributed by atoms with Crippen LogP contribution in [0.25, 0.3) is 0 Å². The highest BCUT2D eigenvalue weighted by atomic mass is 19.1. The Morgan fingerprint density at radius 1 is 1.12 bits per heavy atom. The first-order chi connectivity index (χ1) is 11.9. The van der Waals surface area contributed by atoms with Crippen LogP contribution in [0, 0.1) is 5.82 Å². The maximum absolute atomic E-state index is 13.1. The molecule has 6 heteroatoms. The molecule has 5 nitrogen and oxygen atoms in total. The number of hydrogen-bond donors (Lipinski definition) is 1. The average Bonchev–Trinajstić information content (AvgIpc) is 2.80. The molecule has 2 aromatic rings. The first kappa shape index (κ1) is 16.8. The maximum Gasteiger partial charge on any atom is 0.275 e. The van der Waals surface area contributed by atoms with Crippen molar-refractivity contribution in [1.29, 1.82) is 0 Å². The van der Waals surface area contributed by atoms with Gasteiger partial charge in [-0.25, -0.2) is 4.39 Å². The summed E-state index contributed by atoms with van der Waals surface area (Å²) in [6, 6.07) is 14.6. The number of hydrogen-bond acceptors (Lipinski definition) is 3. The lowest BCUT2D eigenvalue weighted by molar-refractivity contribution is -0.131. The Balaban J connectivity index is 1.76. The van der Waals surface area contributed by atoms with Crippen molar-refractivity contribution in [2.24, 2.45) is 4.99 Å². The molecule has 2 amide bonds. The number of carbonyl (C=O) groups excluding carboxylic acids is 2. The number of amides is 2. The monoisotopic (exact) mass is 339 g/mol. The van der Waals surface area contributed by atoms with Gasteiger partial charge in [0.2, 0.25) is 5.91 Å². The summed E-state index contributed by atoms with van der Waals surface area (Å²) in [6.45, 7) is 3.41. The van der Waals surface area contributed by atoms with Crippen molar-refractivity contribution in [2.75, 3.05) is 11.9 Å². The minimum Gasteiger partial charge on any atom is -0.325 e. The summed E-state index contributed by atoms with van der Waals surface area (Å²) in [4.78, 5) is 30.8. The first-order valence-electron chi connectivity index (χ1n) is 7.89. The Hall–Kier alpha value is -3.02. The Kier molecular flexibility index (Phi) is 4.35. The van der Waals surface area contributed by atoms with Crippen LogP contribution in [-0.4, -0.2) is 34.6 Å². The van der Waals surface area contributed by atoms with Crippen LogP contribution in [0.15, 0.2) is 59.6 Å². The molecule has 0 atom stereocenters. The predicted octanol–water partition coefficient (Wildman–Crippen LogP) is 2.83. The molecule has 1 aliphatic heterocycles. The van der Waals surface area contributed by atoms with Crippen LogP contribution in [-0.2, 0) is 9.59 Å². The standard InChI is InChI=1S/C19H18FN3O2/c1-19(2)22-17(13-8-10-14(20)11-9-13)18(25)23(19)12-16(24)21-15-6-4-3-5-7-15/h3-11H,12H2,1-2H3,(H,21,24). The van der Waals surface area contributed by atoms with Gasteiger partial charge in [-0.05, 0) is 50.2 Å². The second-order valence-electron chi connectivity index (χ2n) is 6.27. The van der Waals surface area contributed by atoms with Crippen LogP contribution in [0.5, 0.6) is 0 Å². The summed E-state index contributed by atoms with van der Waals surface area (Å²) in [7, 11) is 0. The largest absolute Gasteiger partial charge is 0.325 e. The van der Waals surface area contributed by atoms with Gasteiger partial charge in [0.05, 0.1) is 0 Å². The molecule has 0 spiro atoms. The minimum atomic E-state index is -0.852. The van der Waals surface area contributed by atoms with Gasteiger partial charge >= 0.3 is 0 Å². The van der Waals surface area contributed by atoms with E-state index in [1.54, 1.807) is 26.0 Å². The molecule has 1 heterocycles. The highest BCUT2D eigenvalue weighted by molar-refractivity contribution is 6.47. The van der Waals surface area contributed by atoms with Crippen LogP contribution >= 0.6 is 0 Å². The van der Waals surface area contributed by atoms with Gasteiger partial charge in [0.25, 0.3) is 5.91 Å². The maximum atomic E-state index is 13.1. The fourth-order valence-electron chi connectivity index (χ4n) is 2.68. The predicted molar refractivity (Wildman–Crippen MR) is 93.8 cm³/mol. The molecule has 0 fully saturated rings. The second-order valence-corrected chi connectivity index (χ2v) is 6.27. The molecule has 128 valence electrons. The van der Waals surface area contributed by atoms with Gasteiger partial charge in [-0.3, -0.25) is 14.6 Å². The van der Waals surface area contributed by atoms with Crippen LogP contribution in [0.4, 0.5) is 10.1 Å². The molecule has 25 heavy (non-hydrogen) atoms. The molecule has 0 bridgehead atoms. The zero-order valence-electron chi connectivity index (χ0n) is 14.0. The number of carbonyl (C=O) groups is 2. The third-order valence-corrected chi connectivity index (χ3v) is 3.97. The third kappa shape index (κ3) is 3.57. The van der Waals surface area contributed by atoms with Crippen molar-refractivity contribution in [3.63, 3.8) is 0 Å². The summed E-state index contributed by atoms with van der Waals surface area (Å²) in [5, 5.41) is 2.76. The van der Waals surface area contributed by atoms with E-state index in [4.69, 9.17) is 0 Å². The Morgan fingerprint density at radius 2 is 1.76 bits per heavy atom. The fourth-order valence-corrected chi connectivity index (χ4v) is 2.68. The molecular formula is C19H18FN3O2. The summed E-state index contributed by atoms with van der Waals surface area (Å²) in [6.07, 6.45) is 0. The van der Waals surface area contributed by atoms with E-state index in [2.05, 4.69) is 10.3 Å². The number of anilines is 1. The molecule has 1 N–H and O–H groups in total. The Labute approximate surface area is 145 Å². The van der Waals surface area contributed by atoms with Crippen molar-refractivity contribution in [3.05, 3.63) is 66.0 Å². The van der Waals surface area contributed by atoms with Gasteiger partial charge in [0.1, 0.15) is 23.7 Å². The summed E-state index contributed by atoms with van der Waals surface area (Å²) in [5.74, 6) is -1.03. The summed E-state index contributed by atoms with van der Waals surface area (Å²) < 4.78 is 13.1. The molecule has 3 rings (SSSR count). The highest BCUT2D eigenvalue weighted by Crippen LogP contribution is 2.26. The SMILES string of the molecule is CC1(C)N=C(c2ccc(F)cc2)C(=O)N1CC(=O)Nc1ccccc1. The van der Waals surface area contributed by atoms with E-state index in [9.17, 15) is 14.0 Å². The quantitative estimate of drug-likeness (QED) is 0.931. The number of para-hydroxylation sites is 1. The first-order valence-corrected chi connectivity index (χ1v) is 7.89. The lowest BCUT2D eigenvalue weighted by Crippen LogP contribution is -2.46. The topological polar surface area (TPSA) is 61.8 Å². The highest BCUT2D eigenvalue weighted by Gasteiger charge is 2.41. The smallest absolute Gasteiger partial charge is 0.275 e. The van der Waals surface area contributed by atoms with Gasteiger partial charge in [-0.1, -0.05) is 18.2 Å². The van der Waals surface area contributed by atoms with Gasteiger partial charge in [-0.15, -0.1) is 0 Å².